The first-order chi connectivity index (χ1) is 6.86. The fourth-order valence-corrected chi connectivity index (χ4v) is 3.06. The number of rotatable bonds is 0. The van der Waals surface area contributed by atoms with Crippen LogP contribution in [0.15, 0.2) is 10.5 Å². The Kier molecular flexibility index (Phi) is 1.94. The van der Waals surface area contributed by atoms with Gasteiger partial charge in [-0.15, -0.1) is 0 Å². The fraction of sp³-hybridized carbons (Fsp3) is 0.455. The van der Waals surface area contributed by atoms with Crippen LogP contribution in [0.1, 0.15) is 17.5 Å². The molecular weight excluding hydrogens is 242 g/mol. The fourth-order valence-electron chi connectivity index (χ4n) is 2.28. The number of anilines is 1. The van der Waals surface area contributed by atoms with Gasteiger partial charge in [0.15, 0.2) is 5.75 Å². The predicted octanol–water partition coefficient (Wildman–Crippen LogP) is 2.74. The van der Waals surface area contributed by atoms with E-state index in [0.29, 0.717) is 0 Å². The first-order valence-electron chi connectivity index (χ1n) is 5.07. The maximum Gasteiger partial charge on any atom is 0.156 e. The van der Waals surface area contributed by atoms with E-state index in [1.165, 1.54) is 34.9 Å². The molecule has 0 fully saturated rings. The largest absolute Gasteiger partial charge is 0.488 e. The number of nitrogens with one attached hydrogen (secondary N) is 1. The second kappa shape index (κ2) is 3.16. The second-order valence-corrected chi connectivity index (χ2v) is 4.63. The zero-order valence-electron chi connectivity index (χ0n) is 7.90. The van der Waals surface area contributed by atoms with Gasteiger partial charge in [0.2, 0.25) is 0 Å². The number of aryl methyl sites for hydroxylation is 1. The Bertz CT molecular complexity index is 389. The molecular formula is C11H12BrNO. The molecule has 0 unspecified atom stereocenters. The van der Waals surface area contributed by atoms with Crippen LogP contribution in [-0.4, -0.2) is 13.2 Å². The van der Waals surface area contributed by atoms with Crippen LogP contribution < -0.4 is 10.1 Å². The third-order valence-corrected chi connectivity index (χ3v) is 3.79. The van der Waals surface area contributed by atoms with E-state index in [2.05, 4.69) is 27.3 Å². The van der Waals surface area contributed by atoms with Crippen LogP contribution in [0.3, 0.4) is 0 Å². The second-order valence-electron chi connectivity index (χ2n) is 3.83. The van der Waals surface area contributed by atoms with Crippen LogP contribution in [0.5, 0.6) is 5.75 Å². The summed E-state index contributed by atoms with van der Waals surface area (Å²) in [5, 5.41) is 3.38. The van der Waals surface area contributed by atoms with Crippen molar-refractivity contribution in [3.05, 3.63) is 21.7 Å². The molecule has 1 aromatic rings. The van der Waals surface area contributed by atoms with Gasteiger partial charge in [0.25, 0.3) is 0 Å². The summed E-state index contributed by atoms with van der Waals surface area (Å²) in [6.45, 7) is 1.68. The van der Waals surface area contributed by atoms with Crippen LogP contribution in [0.25, 0.3) is 0 Å². The molecule has 74 valence electrons. The van der Waals surface area contributed by atoms with Crippen molar-refractivity contribution in [1.82, 2.24) is 0 Å². The standard InChI is InChI=1S/C11H12BrNO/c12-10-8-3-1-2-7(8)6-9-11(10)14-5-4-13-9/h6,13H,1-5H2. The Hall–Kier alpha value is -0.700. The van der Waals surface area contributed by atoms with E-state index in [1.807, 2.05) is 0 Å². The van der Waals surface area contributed by atoms with E-state index in [9.17, 15) is 0 Å². The number of hydrogen-bond acceptors (Lipinski definition) is 2. The lowest BCUT2D eigenvalue weighted by molar-refractivity contribution is 0.321. The van der Waals surface area contributed by atoms with Crippen LogP contribution in [-0.2, 0) is 12.8 Å². The molecule has 0 saturated carbocycles. The Morgan fingerprint density at radius 1 is 1.36 bits per heavy atom. The lowest BCUT2D eigenvalue weighted by Crippen LogP contribution is -2.18. The smallest absolute Gasteiger partial charge is 0.156 e. The Morgan fingerprint density at radius 2 is 2.29 bits per heavy atom. The normalized spacial score (nSPS) is 18.1. The summed E-state index contributed by atoms with van der Waals surface area (Å²) in [4.78, 5) is 0. The monoisotopic (exact) mass is 253 g/mol. The minimum absolute atomic E-state index is 0.768. The van der Waals surface area contributed by atoms with Crippen molar-refractivity contribution in [2.75, 3.05) is 18.5 Å². The lowest BCUT2D eigenvalue weighted by atomic mass is 10.1. The summed E-state index contributed by atoms with van der Waals surface area (Å²) in [6.07, 6.45) is 3.67. The minimum atomic E-state index is 0.768. The molecule has 2 nitrogen and oxygen atoms in total. The topological polar surface area (TPSA) is 21.3 Å². The Labute approximate surface area is 91.8 Å². The van der Waals surface area contributed by atoms with Crippen LogP contribution >= 0.6 is 15.9 Å². The molecule has 1 N–H and O–H groups in total. The average Bonchev–Trinajstić information content (AvgIpc) is 2.66. The number of ether oxygens (including phenoxy) is 1. The van der Waals surface area contributed by atoms with Crippen molar-refractivity contribution in [2.24, 2.45) is 0 Å². The molecule has 14 heavy (non-hydrogen) atoms. The number of halogens is 1. The van der Waals surface area contributed by atoms with Crippen molar-refractivity contribution in [2.45, 2.75) is 19.3 Å². The number of fused-ring (bicyclic) bond motifs is 2. The minimum Gasteiger partial charge on any atom is -0.488 e. The summed E-state index contributed by atoms with van der Waals surface area (Å²) in [5.41, 5.74) is 4.09. The van der Waals surface area contributed by atoms with Gasteiger partial charge in [-0.25, -0.2) is 0 Å². The highest BCUT2D eigenvalue weighted by Gasteiger charge is 2.22. The van der Waals surface area contributed by atoms with Crippen LogP contribution in [0.4, 0.5) is 5.69 Å². The van der Waals surface area contributed by atoms with Crippen LogP contribution in [0.2, 0.25) is 0 Å². The lowest BCUT2D eigenvalue weighted by Gasteiger charge is -2.22. The SMILES string of the molecule is Brc1c2c(cc3c1OCCN3)CCC2. The highest BCUT2D eigenvalue weighted by atomic mass is 79.9. The molecule has 0 radical (unpaired) electrons. The quantitative estimate of drug-likeness (QED) is 0.768. The first-order valence-corrected chi connectivity index (χ1v) is 5.86. The van der Waals surface area contributed by atoms with Crippen LogP contribution in [0, 0.1) is 0 Å². The first kappa shape index (κ1) is 8.60. The summed E-state index contributed by atoms with van der Waals surface area (Å²) in [6, 6.07) is 2.25. The molecule has 0 bridgehead atoms. The predicted molar refractivity (Wildman–Crippen MR) is 60.2 cm³/mol. The molecule has 1 heterocycles. The zero-order chi connectivity index (χ0) is 9.54. The summed E-state index contributed by atoms with van der Waals surface area (Å²) in [5.74, 6) is 1.01. The van der Waals surface area contributed by atoms with E-state index in [0.717, 1.165) is 24.6 Å². The molecule has 0 aromatic heterocycles. The zero-order valence-corrected chi connectivity index (χ0v) is 9.49. The third kappa shape index (κ3) is 1.15. The van der Waals surface area contributed by atoms with Gasteiger partial charge in [-0.3, -0.25) is 0 Å². The van der Waals surface area contributed by atoms with Crippen molar-refractivity contribution in [3.63, 3.8) is 0 Å². The van der Waals surface area contributed by atoms with Gasteiger partial charge < -0.3 is 10.1 Å². The highest BCUT2D eigenvalue weighted by Crippen LogP contribution is 2.42. The molecule has 0 atom stereocenters. The number of hydrogen-bond donors (Lipinski definition) is 1. The van der Waals surface area contributed by atoms with Crippen molar-refractivity contribution < 1.29 is 4.74 Å². The molecule has 3 rings (SSSR count). The van der Waals surface area contributed by atoms with Gasteiger partial charge in [0.05, 0.1) is 10.2 Å². The van der Waals surface area contributed by atoms with E-state index in [1.54, 1.807) is 0 Å². The van der Waals surface area contributed by atoms with Gasteiger partial charge in [-0.2, -0.15) is 0 Å². The maximum absolute atomic E-state index is 5.67. The number of benzene rings is 1. The average molecular weight is 254 g/mol. The third-order valence-electron chi connectivity index (χ3n) is 2.95. The molecule has 0 amide bonds. The van der Waals surface area contributed by atoms with Gasteiger partial charge in [0.1, 0.15) is 6.61 Å². The van der Waals surface area contributed by atoms with E-state index >= 15 is 0 Å². The molecule has 3 heteroatoms. The summed E-state index contributed by atoms with van der Waals surface area (Å²) >= 11 is 3.65. The Morgan fingerprint density at radius 3 is 3.21 bits per heavy atom. The van der Waals surface area contributed by atoms with Gasteiger partial charge >= 0.3 is 0 Å². The summed E-state index contributed by atoms with van der Waals surface area (Å²) < 4.78 is 6.85. The van der Waals surface area contributed by atoms with E-state index in [4.69, 9.17) is 4.74 Å². The molecule has 1 aliphatic heterocycles. The highest BCUT2D eigenvalue weighted by molar-refractivity contribution is 9.10. The van der Waals surface area contributed by atoms with Gasteiger partial charge in [-0.1, -0.05) is 0 Å². The molecule has 2 aliphatic rings. The van der Waals surface area contributed by atoms with E-state index in [-0.39, 0.29) is 0 Å². The van der Waals surface area contributed by atoms with Crippen molar-refractivity contribution >= 4 is 21.6 Å². The van der Waals surface area contributed by atoms with E-state index < -0.39 is 0 Å². The molecule has 0 spiro atoms. The maximum atomic E-state index is 5.67. The van der Waals surface area contributed by atoms with Gasteiger partial charge in [-0.05, 0) is 52.4 Å². The van der Waals surface area contributed by atoms with Crippen molar-refractivity contribution in [1.29, 1.82) is 0 Å². The molecule has 1 aromatic carbocycles. The summed E-state index contributed by atoms with van der Waals surface area (Å²) in [7, 11) is 0. The molecule has 1 aliphatic carbocycles. The van der Waals surface area contributed by atoms with Crippen molar-refractivity contribution in [3.8, 4) is 5.75 Å². The molecule has 0 saturated heterocycles. The Balaban J connectivity index is 2.20. The van der Waals surface area contributed by atoms with Gasteiger partial charge in [0, 0.05) is 6.54 Å².